The van der Waals surface area contributed by atoms with Crippen LogP contribution in [0, 0.1) is 11.3 Å². The van der Waals surface area contributed by atoms with Gasteiger partial charge in [-0.3, -0.25) is 19.1 Å². The van der Waals surface area contributed by atoms with Gasteiger partial charge in [0.05, 0.1) is 15.8 Å². The molecule has 1 aliphatic heterocycles. The largest absolute Gasteiger partial charge is 0.418 e. The van der Waals surface area contributed by atoms with E-state index >= 15 is 0 Å². The van der Waals surface area contributed by atoms with E-state index in [0.29, 0.717) is 18.7 Å². The lowest BCUT2D eigenvalue weighted by molar-refractivity contribution is -0.137. The van der Waals surface area contributed by atoms with E-state index in [2.05, 4.69) is 4.98 Å². The van der Waals surface area contributed by atoms with Gasteiger partial charge in [0.2, 0.25) is 0 Å². The topological polar surface area (TPSA) is 79.0 Å². The third kappa shape index (κ3) is 4.65. The molecule has 1 saturated heterocycles. The van der Waals surface area contributed by atoms with Crippen LogP contribution in [-0.4, -0.2) is 33.4 Å². The zero-order valence-electron chi connectivity index (χ0n) is 17.9. The molecule has 3 aromatic rings. The quantitative estimate of drug-likeness (QED) is 0.573. The Morgan fingerprint density at radius 2 is 1.76 bits per heavy atom. The van der Waals surface area contributed by atoms with Crippen molar-refractivity contribution in [2.75, 3.05) is 13.1 Å². The number of hydrogen-bond donors (Lipinski definition) is 0. The normalized spacial score (nSPS) is 15.7. The molecule has 0 N–H and O–H groups in total. The Morgan fingerprint density at radius 3 is 2.41 bits per heavy atom. The molecule has 0 atom stereocenters. The number of pyridine rings is 1. The summed E-state index contributed by atoms with van der Waals surface area (Å²) in [5, 5.41) is 9.89. The predicted octanol–water partition coefficient (Wildman–Crippen LogP) is 2.83. The SMILES string of the molecule is N#C/C(C(=O)N1CCCCC1)=c1/s/c(=C\c2ccncc2)c(=O)n1-c1ccccc1C(F)(F)F. The van der Waals surface area contributed by atoms with Crippen LogP contribution in [0.15, 0.2) is 53.6 Å². The number of thiazole rings is 1. The first-order chi connectivity index (χ1) is 16.3. The maximum Gasteiger partial charge on any atom is 0.418 e. The lowest BCUT2D eigenvalue weighted by atomic mass is 10.1. The first-order valence-corrected chi connectivity index (χ1v) is 11.4. The highest BCUT2D eigenvalue weighted by atomic mass is 32.1. The van der Waals surface area contributed by atoms with Gasteiger partial charge in [0, 0.05) is 25.5 Å². The summed E-state index contributed by atoms with van der Waals surface area (Å²) in [6.07, 6.45) is 2.31. The van der Waals surface area contributed by atoms with E-state index < -0.39 is 28.9 Å². The average molecular weight is 485 g/mol. The number of hydrogen-bond acceptors (Lipinski definition) is 5. The zero-order chi connectivity index (χ0) is 24.3. The third-order valence-electron chi connectivity index (χ3n) is 5.46. The summed E-state index contributed by atoms with van der Waals surface area (Å²) in [4.78, 5) is 32.0. The number of aromatic nitrogens is 2. The predicted molar refractivity (Wildman–Crippen MR) is 121 cm³/mol. The van der Waals surface area contributed by atoms with E-state index in [1.54, 1.807) is 12.1 Å². The molecule has 3 heterocycles. The van der Waals surface area contributed by atoms with E-state index in [4.69, 9.17) is 0 Å². The molecule has 174 valence electrons. The molecule has 1 fully saturated rings. The molecule has 10 heteroatoms. The number of carbonyl (C=O) groups excluding carboxylic acids is 1. The number of benzene rings is 1. The highest BCUT2D eigenvalue weighted by Gasteiger charge is 2.35. The monoisotopic (exact) mass is 484 g/mol. The van der Waals surface area contributed by atoms with Gasteiger partial charge < -0.3 is 4.90 Å². The van der Waals surface area contributed by atoms with Crippen LogP contribution in [-0.2, 0) is 11.0 Å². The summed E-state index contributed by atoms with van der Waals surface area (Å²) in [5.74, 6) is -0.586. The molecule has 0 spiro atoms. The Labute approximate surface area is 196 Å². The van der Waals surface area contributed by atoms with E-state index in [9.17, 15) is 28.0 Å². The molecule has 0 aliphatic carbocycles. The first-order valence-electron chi connectivity index (χ1n) is 10.5. The van der Waals surface area contributed by atoms with Gasteiger partial charge in [0.1, 0.15) is 10.7 Å². The van der Waals surface area contributed by atoms with Crippen molar-refractivity contribution in [3.63, 3.8) is 0 Å². The molecule has 6 nitrogen and oxygen atoms in total. The fourth-order valence-electron chi connectivity index (χ4n) is 3.83. The molecule has 1 aromatic carbocycles. The van der Waals surface area contributed by atoms with Gasteiger partial charge in [0.25, 0.3) is 11.5 Å². The number of likely N-dealkylation sites (tertiary alicyclic amines) is 1. The fraction of sp³-hybridized carbons (Fsp3) is 0.250. The summed E-state index contributed by atoms with van der Waals surface area (Å²) >= 11 is 0.820. The van der Waals surface area contributed by atoms with Gasteiger partial charge in [-0.2, -0.15) is 18.4 Å². The summed E-state index contributed by atoms with van der Waals surface area (Å²) in [6.45, 7) is 0.906. The second kappa shape index (κ2) is 9.65. The molecule has 1 aliphatic rings. The maximum atomic E-state index is 13.8. The third-order valence-corrected chi connectivity index (χ3v) is 6.55. The van der Waals surface area contributed by atoms with Crippen molar-refractivity contribution in [1.82, 2.24) is 14.5 Å². The van der Waals surface area contributed by atoms with Crippen LogP contribution in [0.25, 0.3) is 17.3 Å². The van der Waals surface area contributed by atoms with Crippen LogP contribution in [0.3, 0.4) is 0 Å². The number of alkyl halides is 3. The van der Waals surface area contributed by atoms with Gasteiger partial charge in [-0.1, -0.05) is 12.1 Å². The van der Waals surface area contributed by atoms with E-state index in [1.807, 2.05) is 6.07 Å². The van der Waals surface area contributed by atoms with E-state index in [1.165, 1.54) is 35.5 Å². The minimum Gasteiger partial charge on any atom is -0.338 e. The molecular formula is C24H19F3N4O2S. The van der Waals surface area contributed by atoms with E-state index in [0.717, 1.165) is 47.3 Å². The molecule has 1 amide bonds. The Balaban J connectivity index is 2.06. The number of amides is 1. The molecule has 2 aromatic heterocycles. The molecule has 0 bridgehead atoms. The highest BCUT2D eigenvalue weighted by Crippen LogP contribution is 2.33. The van der Waals surface area contributed by atoms with Crippen molar-refractivity contribution in [3.05, 3.63) is 79.5 Å². The van der Waals surface area contributed by atoms with Crippen molar-refractivity contribution in [2.24, 2.45) is 0 Å². The Hall–Kier alpha value is -3.71. The van der Waals surface area contributed by atoms with Gasteiger partial charge in [-0.05, 0) is 55.2 Å². The number of halogens is 3. The lowest BCUT2D eigenvalue weighted by Crippen LogP contribution is -2.39. The molecule has 0 radical (unpaired) electrons. The molecular weight excluding hydrogens is 465 g/mol. The summed E-state index contributed by atoms with van der Waals surface area (Å²) in [5.41, 5.74) is -1.95. The number of piperidine rings is 1. The highest BCUT2D eigenvalue weighted by molar-refractivity contribution is 7.07. The van der Waals surface area contributed by atoms with Gasteiger partial charge in [0.15, 0.2) is 5.57 Å². The van der Waals surface area contributed by atoms with Crippen molar-refractivity contribution < 1.29 is 18.0 Å². The summed E-state index contributed by atoms with van der Waals surface area (Å²) in [7, 11) is 0. The Morgan fingerprint density at radius 1 is 1.09 bits per heavy atom. The van der Waals surface area contributed by atoms with Crippen LogP contribution in [0.5, 0.6) is 0 Å². The van der Waals surface area contributed by atoms with Crippen molar-refractivity contribution in [2.45, 2.75) is 25.4 Å². The number of carbonyl (C=O) groups is 1. The number of nitriles is 1. The van der Waals surface area contributed by atoms with Crippen LogP contribution < -0.4 is 14.8 Å². The van der Waals surface area contributed by atoms with Crippen LogP contribution >= 0.6 is 11.3 Å². The fourth-order valence-corrected chi connectivity index (χ4v) is 4.92. The van der Waals surface area contributed by atoms with Crippen LogP contribution in [0.2, 0.25) is 0 Å². The molecule has 0 saturated carbocycles. The standard InChI is InChI=1S/C24H19F3N4O2S/c25-24(26,27)18-6-2-3-7-19(18)31-22(33)20(14-16-8-10-29-11-9-16)34-23(31)17(15-28)21(32)30-12-4-1-5-13-30/h2-3,6-11,14H,1,4-5,12-13H2/b20-14-,23-17-. The van der Waals surface area contributed by atoms with Crippen molar-refractivity contribution in [3.8, 4) is 11.8 Å². The minimum absolute atomic E-state index is 0.0948. The first kappa shape index (κ1) is 23.4. The second-order valence-electron chi connectivity index (χ2n) is 7.69. The summed E-state index contributed by atoms with van der Waals surface area (Å²) in [6, 6.07) is 9.77. The van der Waals surface area contributed by atoms with Crippen molar-refractivity contribution in [1.29, 1.82) is 5.26 Å². The average Bonchev–Trinajstić information content (AvgIpc) is 3.15. The van der Waals surface area contributed by atoms with Crippen molar-refractivity contribution >= 4 is 28.9 Å². The Bertz CT molecular complexity index is 1430. The van der Waals surface area contributed by atoms with Crippen LogP contribution in [0.4, 0.5) is 13.2 Å². The van der Waals surface area contributed by atoms with Gasteiger partial charge in [-0.25, -0.2) is 0 Å². The smallest absolute Gasteiger partial charge is 0.338 e. The van der Waals surface area contributed by atoms with Gasteiger partial charge in [-0.15, -0.1) is 11.3 Å². The molecule has 4 rings (SSSR count). The molecule has 0 unspecified atom stereocenters. The number of para-hydroxylation sites is 1. The zero-order valence-corrected chi connectivity index (χ0v) is 18.7. The van der Waals surface area contributed by atoms with E-state index in [-0.39, 0.29) is 14.8 Å². The number of nitrogens with zero attached hydrogens (tertiary/aromatic N) is 4. The molecule has 34 heavy (non-hydrogen) atoms. The second-order valence-corrected chi connectivity index (χ2v) is 8.72. The summed E-state index contributed by atoms with van der Waals surface area (Å²) < 4.78 is 42.2. The number of rotatable bonds is 3. The minimum atomic E-state index is -4.74. The lowest BCUT2D eigenvalue weighted by Gasteiger charge is -2.26. The maximum absolute atomic E-state index is 13.8. The van der Waals surface area contributed by atoms with Crippen LogP contribution in [0.1, 0.15) is 30.4 Å². The Kier molecular flexibility index (Phi) is 6.65. The van der Waals surface area contributed by atoms with Gasteiger partial charge >= 0.3 is 6.18 Å².